The standard InChI is InChI=1S/C15H19ClO2/c1-18-14-6-5-10(16)7-9(14)8-13(17)15-11-3-2-4-12(11)15/h5-7,11-13,15,17H,2-4,8H2,1H3. The molecule has 2 fully saturated rings. The predicted octanol–water partition coefficient (Wildman–Crippen LogP) is 3.30. The van der Waals surface area contributed by atoms with E-state index in [0.29, 0.717) is 17.4 Å². The Labute approximate surface area is 113 Å². The van der Waals surface area contributed by atoms with E-state index in [2.05, 4.69) is 0 Å². The van der Waals surface area contributed by atoms with Gasteiger partial charge in [-0.3, -0.25) is 0 Å². The fraction of sp³-hybridized carbons (Fsp3) is 0.600. The third kappa shape index (κ3) is 2.12. The highest BCUT2D eigenvalue weighted by Gasteiger charge is 2.55. The first-order chi connectivity index (χ1) is 8.70. The van der Waals surface area contributed by atoms with Gasteiger partial charge in [-0.1, -0.05) is 18.0 Å². The summed E-state index contributed by atoms with van der Waals surface area (Å²) >= 11 is 6.01. The van der Waals surface area contributed by atoms with E-state index in [4.69, 9.17) is 16.3 Å². The van der Waals surface area contributed by atoms with Crippen LogP contribution in [0.2, 0.25) is 5.02 Å². The van der Waals surface area contributed by atoms with Gasteiger partial charge in [-0.15, -0.1) is 0 Å². The van der Waals surface area contributed by atoms with E-state index >= 15 is 0 Å². The van der Waals surface area contributed by atoms with Crippen LogP contribution in [0, 0.1) is 17.8 Å². The van der Waals surface area contributed by atoms with Gasteiger partial charge < -0.3 is 9.84 Å². The molecule has 3 unspecified atom stereocenters. The van der Waals surface area contributed by atoms with Crippen molar-refractivity contribution in [2.24, 2.45) is 17.8 Å². The lowest BCUT2D eigenvalue weighted by atomic mass is 9.99. The smallest absolute Gasteiger partial charge is 0.122 e. The molecule has 2 aliphatic rings. The molecule has 0 aromatic heterocycles. The molecule has 1 aromatic rings. The lowest BCUT2D eigenvalue weighted by Crippen LogP contribution is -2.16. The first-order valence-electron chi connectivity index (χ1n) is 6.71. The number of benzene rings is 1. The second-order valence-electron chi connectivity index (χ2n) is 5.56. The molecule has 0 spiro atoms. The van der Waals surface area contributed by atoms with Crippen LogP contribution in [-0.4, -0.2) is 18.3 Å². The van der Waals surface area contributed by atoms with Gasteiger partial charge in [0.05, 0.1) is 13.2 Å². The number of aliphatic hydroxyl groups is 1. The van der Waals surface area contributed by atoms with Crippen molar-refractivity contribution in [3.05, 3.63) is 28.8 Å². The summed E-state index contributed by atoms with van der Waals surface area (Å²) in [7, 11) is 1.66. The molecule has 2 nitrogen and oxygen atoms in total. The van der Waals surface area contributed by atoms with Gasteiger partial charge in [0.2, 0.25) is 0 Å². The average molecular weight is 267 g/mol. The van der Waals surface area contributed by atoms with Crippen LogP contribution in [0.5, 0.6) is 5.75 Å². The maximum Gasteiger partial charge on any atom is 0.122 e. The van der Waals surface area contributed by atoms with Gasteiger partial charge >= 0.3 is 0 Å². The zero-order valence-electron chi connectivity index (χ0n) is 10.6. The van der Waals surface area contributed by atoms with Crippen molar-refractivity contribution in [2.45, 2.75) is 31.8 Å². The van der Waals surface area contributed by atoms with Crippen molar-refractivity contribution in [3.63, 3.8) is 0 Å². The summed E-state index contributed by atoms with van der Waals surface area (Å²) in [6.45, 7) is 0. The fourth-order valence-electron chi connectivity index (χ4n) is 3.72. The van der Waals surface area contributed by atoms with Crippen molar-refractivity contribution in [3.8, 4) is 5.75 Å². The van der Waals surface area contributed by atoms with Crippen molar-refractivity contribution in [1.82, 2.24) is 0 Å². The molecule has 1 N–H and O–H groups in total. The molecule has 98 valence electrons. The minimum absolute atomic E-state index is 0.243. The zero-order valence-corrected chi connectivity index (χ0v) is 11.4. The third-order valence-electron chi connectivity index (χ3n) is 4.59. The fourth-order valence-corrected chi connectivity index (χ4v) is 3.91. The first kappa shape index (κ1) is 12.3. The number of hydrogen-bond acceptors (Lipinski definition) is 2. The minimum Gasteiger partial charge on any atom is -0.496 e. The van der Waals surface area contributed by atoms with E-state index in [9.17, 15) is 5.11 Å². The summed E-state index contributed by atoms with van der Waals surface area (Å²) in [5.41, 5.74) is 1.02. The van der Waals surface area contributed by atoms with Gasteiger partial charge in [0.25, 0.3) is 0 Å². The van der Waals surface area contributed by atoms with E-state index < -0.39 is 0 Å². The highest BCUT2D eigenvalue weighted by atomic mass is 35.5. The van der Waals surface area contributed by atoms with E-state index in [-0.39, 0.29) is 6.10 Å². The van der Waals surface area contributed by atoms with Gasteiger partial charge in [-0.05, 0) is 54.4 Å². The quantitative estimate of drug-likeness (QED) is 0.906. The van der Waals surface area contributed by atoms with Crippen LogP contribution in [0.15, 0.2) is 18.2 Å². The molecular weight excluding hydrogens is 248 g/mol. The van der Waals surface area contributed by atoms with Gasteiger partial charge in [0.15, 0.2) is 0 Å². The number of ether oxygens (including phenoxy) is 1. The van der Waals surface area contributed by atoms with Crippen LogP contribution in [-0.2, 0) is 6.42 Å². The number of hydrogen-bond donors (Lipinski definition) is 1. The van der Waals surface area contributed by atoms with Crippen LogP contribution in [0.25, 0.3) is 0 Å². The SMILES string of the molecule is COc1ccc(Cl)cc1CC(O)C1C2CCCC21. The topological polar surface area (TPSA) is 29.5 Å². The Hall–Kier alpha value is -0.730. The Bertz CT molecular complexity index is 436. The lowest BCUT2D eigenvalue weighted by Gasteiger charge is -2.15. The molecule has 0 aliphatic heterocycles. The third-order valence-corrected chi connectivity index (χ3v) is 4.82. The van der Waals surface area contributed by atoms with Gasteiger partial charge in [-0.25, -0.2) is 0 Å². The molecule has 3 heteroatoms. The van der Waals surface area contributed by atoms with Crippen LogP contribution < -0.4 is 4.74 Å². The molecule has 2 saturated carbocycles. The summed E-state index contributed by atoms with van der Waals surface area (Å²) < 4.78 is 5.33. The largest absolute Gasteiger partial charge is 0.496 e. The Morgan fingerprint density at radius 3 is 2.78 bits per heavy atom. The number of fused-ring (bicyclic) bond motifs is 1. The minimum atomic E-state index is -0.243. The second kappa shape index (κ2) is 4.75. The molecule has 0 saturated heterocycles. The maximum absolute atomic E-state index is 10.4. The molecule has 0 amide bonds. The molecule has 0 heterocycles. The van der Waals surface area contributed by atoms with Crippen molar-refractivity contribution < 1.29 is 9.84 Å². The summed E-state index contributed by atoms with van der Waals surface area (Å²) in [6, 6.07) is 5.60. The molecular formula is C15H19ClO2. The highest BCUT2D eigenvalue weighted by Crippen LogP contribution is 2.59. The summed E-state index contributed by atoms with van der Waals surface area (Å²) in [5, 5.41) is 11.1. The number of rotatable bonds is 4. The monoisotopic (exact) mass is 266 g/mol. The summed E-state index contributed by atoms with van der Waals surface area (Å²) in [6.07, 6.45) is 4.37. The van der Waals surface area contributed by atoms with Crippen LogP contribution in [0.3, 0.4) is 0 Å². The van der Waals surface area contributed by atoms with E-state index in [1.165, 1.54) is 19.3 Å². The summed E-state index contributed by atoms with van der Waals surface area (Å²) in [4.78, 5) is 0. The average Bonchev–Trinajstić information content (AvgIpc) is 2.84. The van der Waals surface area contributed by atoms with Crippen LogP contribution >= 0.6 is 11.6 Å². The second-order valence-corrected chi connectivity index (χ2v) is 6.00. The van der Waals surface area contributed by atoms with E-state index in [1.54, 1.807) is 7.11 Å². The molecule has 1 aromatic carbocycles. The lowest BCUT2D eigenvalue weighted by molar-refractivity contribution is 0.135. The van der Waals surface area contributed by atoms with E-state index in [1.807, 2.05) is 18.2 Å². The Balaban J connectivity index is 1.70. The van der Waals surface area contributed by atoms with Gasteiger partial charge in [0.1, 0.15) is 5.75 Å². The molecule has 2 aliphatic carbocycles. The first-order valence-corrected chi connectivity index (χ1v) is 7.09. The molecule has 18 heavy (non-hydrogen) atoms. The molecule has 3 atom stereocenters. The van der Waals surface area contributed by atoms with E-state index in [0.717, 1.165) is 23.1 Å². The Morgan fingerprint density at radius 2 is 2.11 bits per heavy atom. The maximum atomic E-state index is 10.4. The predicted molar refractivity (Wildman–Crippen MR) is 72.0 cm³/mol. The molecule has 0 radical (unpaired) electrons. The normalized spacial score (nSPS) is 30.9. The van der Waals surface area contributed by atoms with Gasteiger partial charge in [-0.2, -0.15) is 0 Å². The van der Waals surface area contributed by atoms with Crippen LogP contribution in [0.1, 0.15) is 24.8 Å². The van der Waals surface area contributed by atoms with Gasteiger partial charge in [0, 0.05) is 11.4 Å². The van der Waals surface area contributed by atoms with Crippen molar-refractivity contribution >= 4 is 11.6 Å². The van der Waals surface area contributed by atoms with Crippen LogP contribution in [0.4, 0.5) is 0 Å². The highest BCUT2D eigenvalue weighted by molar-refractivity contribution is 6.30. The zero-order chi connectivity index (χ0) is 12.7. The number of halogens is 1. The molecule has 3 rings (SSSR count). The Kier molecular flexibility index (Phi) is 3.25. The summed E-state index contributed by atoms with van der Waals surface area (Å²) in [5.74, 6) is 2.90. The number of aliphatic hydroxyl groups excluding tert-OH is 1. The Morgan fingerprint density at radius 1 is 1.39 bits per heavy atom. The van der Waals surface area contributed by atoms with Crippen molar-refractivity contribution in [2.75, 3.05) is 7.11 Å². The molecule has 0 bridgehead atoms. The van der Waals surface area contributed by atoms with Crippen molar-refractivity contribution in [1.29, 1.82) is 0 Å². The number of methoxy groups -OCH3 is 1.